The van der Waals surface area contributed by atoms with Crippen LogP contribution in [0.4, 0.5) is 0 Å². The van der Waals surface area contributed by atoms with Crippen LogP contribution in [0.15, 0.2) is 53.7 Å². The van der Waals surface area contributed by atoms with E-state index in [-0.39, 0.29) is 36.4 Å². The molecule has 2 N–H and O–H groups in total. The zero-order valence-electron chi connectivity index (χ0n) is 19.5. The van der Waals surface area contributed by atoms with Gasteiger partial charge in [0.25, 0.3) is 0 Å². The number of pyridine rings is 1. The van der Waals surface area contributed by atoms with Crippen LogP contribution in [-0.2, 0) is 11.2 Å². The van der Waals surface area contributed by atoms with Crippen molar-refractivity contribution in [3.63, 3.8) is 0 Å². The Kier molecular flexibility index (Phi) is 13.4. The number of aromatic nitrogens is 1. The van der Waals surface area contributed by atoms with Gasteiger partial charge in [0.15, 0.2) is 5.96 Å². The smallest absolute Gasteiger partial charge is 0.244 e. The summed E-state index contributed by atoms with van der Waals surface area (Å²) in [6.07, 6.45) is 3.45. The van der Waals surface area contributed by atoms with Crippen molar-refractivity contribution in [3.8, 4) is 5.75 Å². The number of nitrogens with zero attached hydrogens (tertiary/aromatic N) is 3. The van der Waals surface area contributed by atoms with Crippen LogP contribution >= 0.6 is 24.0 Å². The summed E-state index contributed by atoms with van der Waals surface area (Å²) in [4.78, 5) is 22.9. The molecular formula is C24H36IN5O2. The van der Waals surface area contributed by atoms with Gasteiger partial charge in [-0.2, -0.15) is 0 Å². The van der Waals surface area contributed by atoms with E-state index in [1.54, 1.807) is 25.3 Å². The van der Waals surface area contributed by atoms with Crippen LogP contribution in [0.3, 0.4) is 0 Å². The van der Waals surface area contributed by atoms with Gasteiger partial charge >= 0.3 is 0 Å². The second-order valence-corrected chi connectivity index (χ2v) is 7.47. The fourth-order valence-corrected chi connectivity index (χ4v) is 3.07. The molecule has 7 nitrogen and oxygen atoms in total. The topological polar surface area (TPSA) is 78.9 Å². The SMILES string of the molecule is CCNC(=NCC(=O)N(C)CCc1ccccn1)NCCC(C)c1ccc(OC)cc1.I. The lowest BCUT2D eigenvalue weighted by atomic mass is 9.98. The molecule has 2 rings (SSSR count). The Bertz CT molecular complexity index is 815. The molecule has 1 atom stereocenters. The van der Waals surface area contributed by atoms with E-state index in [1.807, 2.05) is 37.3 Å². The first-order valence-corrected chi connectivity index (χ1v) is 10.8. The summed E-state index contributed by atoms with van der Waals surface area (Å²) in [7, 11) is 3.48. The number of rotatable bonds is 11. The molecule has 0 fully saturated rings. The van der Waals surface area contributed by atoms with Crippen molar-refractivity contribution >= 4 is 35.8 Å². The van der Waals surface area contributed by atoms with Crippen molar-refractivity contribution in [1.82, 2.24) is 20.5 Å². The van der Waals surface area contributed by atoms with E-state index in [0.29, 0.717) is 18.4 Å². The van der Waals surface area contributed by atoms with Gasteiger partial charge in [0.1, 0.15) is 12.3 Å². The van der Waals surface area contributed by atoms with Gasteiger partial charge in [-0.15, -0.1) is 24.0 Å². The highest BCUT2D eigenvalue weighted by atomic mass is 127. The largest absolute Gasteiger partial charge is 0.497 e. The van der Waals surface area contributed by atoms with E-state index in [0.717, 1.165) is 37.4 Å². The molecular weight excluding hydrogens is 517 g/mol. The Balaban J connectivity index is 0.00000512. The molecule has 0 aliphatic heterocycles. The summed E-state index contributed by atoms with van der Waals surface area (Å²) >= 11 is 0. The second-order valence-electron chi connectivity index (χ2n) is 7.47. The first-order chi connectivity index (χ1) is 15.0. The number of methoxy groups -OCH3 is 1. The molecule has 176 valence electrons. The maximum Gasteiger partial charge on any atom is 0.244 e. The van der Waals surface area contributed by atoms with Crippen LogP contribution < -0.4 is 15.4 Å². The number of guanidine groups is 1. The number of hydrogen-bond donors (Lipinski definition) is 2. The van der Waals surface area contributed by atoms with Crippen molar-refractivity contribution in [2.24, 2.45) is 4.99 Å². The molecule has 1 unspecified atom stereocenters. The van der Waals surface area contributed by atoms with Crippen LogP contribution in [0.5, 0.6) is 5.75 Å². The van der Waals surface area contributed by atoms with Gasteiger partial charge in [-0.1, -0.05) is 25.1 Å². The lowest BCUT2D eigenvalue weighted by molar-refractivity contribution is -0.128. The number of nitrogens with one attached hydrogen (secondary N) is 2. The van der Waals surface area contributed by atoms with Gasteiger partial charge in [0, 0.05) is 45.0 Å². The number of carbonyl (C=O) groups excluding carboxylic acids is 1. The second kappa shape index (κ2) is 15.4. The summed E-state index contributed by atoms with van der Waals surface area (Å²) in [5, 5.41) is 6.53. The Morgan fingerprint density at radius 2 is 1.94 bits per heavy atom. The average molecular weight is 553 g/mol. The molecule has 0 aliphatic carbocycles. The van der Waals surface area contributed by atoms with Gasteiger partial charge in [0.2, 0.25) is 5.91 Å². The molecule has 1 aromatic heterocycles. The maximum atomic E-state index is 12.4. The molecule has 0 spiro atoms. The molecule has 1 aromatic carbocycles. The first-order valence-electron chi connectivity index (χ1n) is 10.8. The lowest BCUT2D eigenvalue weighted by Crippen LogP contribution is -2.39. The van der Waals surface area contributed by atoms with Gasteiger partial charge in [-0.25, -0.2) is 4.99 Å². The minimum absolute atomic E-state index is 0. The Morgan fingerprint density at radius 1 is 1.19 bits per heavy atom. The quantitative estimate of drug-likeness (QED) is 0.253. The highest BCUT2D eigenvalue weighted by Gasteiger charge is 2.10. The number of amides is 1. The minimum atomic E-state index is -0.0141. The number of halogens is 1. The fourth-order valence-electron chi connectivity index (χ4n) is 3.07. The van der Waals surface area contributed by atoms with E-state index >= 15 is 0 Å². The average Bonchev–Trinajstić information content (AvgIpc) is 2.81. The standard InChI is InChI=1S/C24H35N5O2.HI/c1-5-25-24(27-16-13-19(2)20-9-11-22(31-4)12-10-20)28-18-23(30)29(3)17-14-21-8-6-7-15-26-21;/h6-12,15,19H,5,13-14,16-18H2,1-4H3,(H2,25,27,28);1H. The van der Waals surface area contributed by atoms with E-state index in [1.165, 1.54) is 5.56 Å². The van der Waals surface area contributed by atoms with Crippen molar-refractivity contribution in [3.05, 3.63) is 59.9 Å². The predicted molar refractivity (Wildman–Crippen MR) is 141 cm³/mol. The Labute approximate surface area is 209 Å². The third-order valence-electron chi connectivity index (χ3n) is 5.13. The molecule has 0 bridgehead atoms. The molecule has 8 heteroatoms. The molecule has 32 heavy (non-hydrogen) atoms. The van der Waals surface area contributed by atoms with Crippen LogP contribution in [0.2, 0.25) is 0 Å². The van der Waals surface area contributed by atoms with E-state index in [4.69, 9.17) is 4.74 Å². The molecule has 1 heterocycles. The third-order valence-corrected chi connectivity index (χ3v) is 5.13. The number of benzene rings is 1. The molecule has 0 saturated carbocycles. The van der Waals surface area contributed by atoms with Crippen LogP contribution in [0.25, 0.3) is 0 Å². The zero-order chi connectivity index (χ0) is 22.5. The molecule has 0 saturated heterocycles. The normalized spacial score (nSPS) is 11.8. The molecule has 1 amide bonds. The molecule has 2 aromatic rings. The number of likely N-dealkylation sites (N-methyl/N-ethyl adjacent to an activating group) is 1. The maximum absolute atomic E-state index is 12.4. The number of aliphatic imine (C=N–C) groups is 1. The number of carbonyl (C=O) groups is 1. The predicted octanol–water partition coefficient (Wildman–Crippen LogP) is 3.46. The summed E-state index contributed by atoms with van der Waals surface area (Å²) in [6.45, 7) is 6.45. The van der Waals surface area contributed by atoms with Gasteiger partial charge in [-0.05, 0) is 49.1 Å². The summed E-state index contributed by atoms with van der Waals surface area (Å²) in [5.41, 5.74) is 2.25. The monoisotopic (exact) mass is 553 g/mol. The first kappa shape index (κ1) is 27.7. The van der Waals surface area contributed by atoms with E-state index in [2.05, 4.69) is 39.7 Å². The minimum Gasteiger partial charge on any atom is -0.497 e. The summed E-state index contributed by atoms with van der Waals surface area (Å²) in [6, 6.07) is 14.0. The van der Waals surface area contributed by atoms with Crippen LogP contribution in [0, 0.1) is 0 Å². The van der Waals surface area contributed by atoms with Gasteiger partial charge in [-0.3, -0.25) is 9.78 Å². The molecule has 0 aliphatic rings. The van der Waals surface area contributed by atoms with Crippen molar-refractivity contribution < 1.29 is 9.53 Å². The highest BCUT2D eigenvalue weighted by molar-refractivity contribution is 14.0. The Hall–Kier alpha value is -2.36. The lowest BCUT2D eigenvalue weighted by Gasteiger charge is -2.17. The zero-order valence-corrected chi connectivity index (χ0v) is 21.8. The van der Waals surface area contributed by atoms with Crippen molar-refractivity contribution in [2.75, 3.05) is 40.3 Å². The van der Waals surface area contributed by atoms with Gasteiger partial charge < -0.3 is 20.3 Å². The fraction of sp³-hybridized carbons (Fsp3) is 0.458. The van der Waals surface area contributed by atoms with E-state index in [9.17, 15) is 4.79 Å². The number of ether oxygens (including phenoxy) is 1. The highest BCUT2D eigenvalue weighted by Crippen LogP contribution is 2.21. The summed E-state index contributed by atoms with van der Waals surface area (Å²) < 4.78 is 5.22. The number of hydrogen-bond acceptors (Lipinski definition) is 4. The van der Waals surface area contributed by atoms with Gasteiger partial charge in [0.05, 0.1) is 7.11 Å². The molecule has 0 radical (unpaired) electrons. The third kappa shape index (κ3) is 9.84. The summed E-state index contributed by atoms with van der Waals surface area (Å²) in [5.74, 6) is 1.92. The Morgan fingerprint density at radius 3 is 2.56 bits per heavy atom. The van der Waals surface area contributed by atoms with Crippen molar-refractivity contribution in [2.45, 2.75) is 32.6 Å². The van der Waals surface area contributed by atoms with Crippen LogP contribution in [-0.4, -0.2) is 62.1 Å². The van der Waals surface area contributed by atoms with Crippen LogP contribution in [0.1, 0.15) is 37.4 Å². The van der Waals surface area contributed by atoms with E-state index < -0.39 is 0 Å². The van der Waals surface area contributed by atoms with Crippen molar-refractivity contribution in [1.29, 1.82) is 0 Å².